The summed E-state index contributed by atoms with van der Waals surface area (Å²) in [6.45, 7) is 5.23. The summed E-state index contributed by atoms with van der Waals surface area (Å²) in [4.78, 5) is 14.1. The van der Waals surface area contributed by atoms with Crippen molar-refractivity contribution < 1.29 is 14.6 Å². The molecule has 4 heteroatoms. The van der Waals surface area contributed by atoms with E-state index in [0.29, 0.717) is 18.7 Å². The van der Waals surface area contributed by atoms with Gasteiger partial charge < -0.3 is 14.7 Å². The molecule has 0 unspecified atom stereocenters. The number of carbonyl (C=O) groups is 1. The molecule has 0 atom stereocenters. The maximum Gasteiger partial charge on any atom is 0.338 e. The summed E-state index contributed by atoms with van der Waals surface area (Å²) in [6.07, 6.45) is 4.06. The van der Waals surface area contributed by atoms with Gasteiger partial charge >= 0.3 is 5.97 Å². The predicted octanol–water partition coefficient (Wildman–Crippen LogP) is 4.73. The number of hydrogen-bond donors (Lipinski definition) is 1. The Kier molecular flexibility index (Phi) is 8.16. The Bertz CT molecular complexity index is 665. The number of unbranched alkanes of at least 4 members (excludes halogenated alkanes) is 1. The van der Waals surface area contributed by atoms with Crippen LogP contribution in [-0.4, -0.2) is 30.8 Å². The van der Waals surface area contributed by atoms with E-state index in [1.807, 2.05) is 17.0 Å². The molecule has 0 aromatic heterocycles. The second kappa shape index (κ2) is 10.6. The molecular formula is C22H29NO3. The zero-order chi connectivity index (χ0) is 18.8. The molecular weight excluding hydrogens is 326 g/mol. The number of benzene rings is 2. The number of nitrogens with zero attached hydrogens (tertiary/aromatic N) is 1. The van der Waals surface area contributed by atoms with Crippen molar-refractivity contribution in [2.24, 2.45) is 0 Å². The fourth-order valence-corrected chi connectivity index (χ4v) is 2.81. The van der Waals surface area contributed by atoms with Crippen molar-refractivity contribution in [3.05, 3.63) is 59.7 Å². The Morgan fingerprint density at radius 2 is 1.58 bits per heavy atom. The van der Waals surface area contributed by atoms with E-state index in [1.165, 1.54) is 5.56 Å². The number of anilines is 2. The topological polar surface area (TPSA) is 49.8 Å². The zero-order valence-electron chi connectivity index (χ0n) is 15.8. The smallest absolute Gasteiger partial charge is 0.338 e. The quantitative estimate of drug-likeness (QED) is 0.495. The van der Waals surface area contributed by atoms with Gasteiger partial charge in [0.15, 0.2) is 0 Å². The Morgan fingerprint density at radius 1 is 0.962 bits per heavy atom. The molecule has 0 saturated carbocycles. The van der Waals surface area contributed by atoms with Gasteiger partial charge in [0.05, 0.1) is 18.8 Å². The van der Waals surface area contributed by atoms with Crippen LogP contribution in [-0.2, 0) is 11.2 Å². The van der Waals surface area contributed by atoms with E-state index in [2.05, 4.69) is 38.1 Å². The standard InChI is InChI=1S/C22H29NO3/c1-3-5-17-26-22(25)19-9-13-21(14-10-19)23(15-16-24)20-11-7-18(6-4-2)8-12-20/h7-14,24H,3-6,15-17H2,1-2H3. The van der Waals surface area contributed by atoms with Crippen LogP contribution in [0.3, 0.4) is 0 Å². The van der Waals surface area contributed by atoms with E-state index < -0.39 is 0 Å². The van der Waals surface area contributed by atoms with Crippen molar-refractivity contribution in [3.63, 3.8) is 0 Å². The van der Waals surface area contributed by atoms with Crippen LogP contribution >= 0.6 is 0 Å². The fourth-order valence-electron chi connectivity index (χ4n) is 2.81. The summed E-state index contributed by atoms with van der Waals surface area (Å²) in [5.74, 6) is -0.289. The highest BCUT2D eigenvalue weighted by molar-refractivity contribution is 5.90. The van der Waals surface area contributed by atoms with Gasteiger partial charge in [0.2, 0.25) is 0 Å². The molecule has 0 bridgehead atoms. The Labute approximate surface area is 156 Å². The van der Waals surface area contributed by atoms with Gasteiger partial charge in [-0.3, -0.25) is 0 Å². The second-order valence-electron chi connectivity index (χ2n) is 6.33. The summed E-state index contributed by atoms with van der Waals surface area (Å²) >= 11 is 0. The summed E-state index contributed by atoms with van der Waals surface area (Å²) in [5.41, 5.74) is 3.82. The van der Waals surface area contributed by atoms with Gasteiger partial charge in [-0.1, -0.05) is 38.8 Å². The maximum atomic E-state index is 12.0. The molecule has 0 radical (unpaired) electrons. The molecule has 0 aliphatic carbocycles. The lowest BCUT2D eigenvalue weighted by Gasteiger charge is -2.24. The lowest BCUT2D eigenvalue weighted by Crippen LogP contribution is -2.21. The minimum absolute atomic E-state index is 0.0531. The second-order valence-corrected chi connectivity index (χ2v) is 6.33. The lowest BCUT2D eigenvalue weighted by molar-refractivity contribution is 0.0500. The number of hydrogen-bond acceptors (Lipinski definition) is 4. The summed E-state index contributed by atoms with van der Waals surface area (Å²) < 4.78 is 5.24. The van der Waals surface area contributed by atoms with Crippen LogP contribution in [0.2, 0.25) is 0 Å². The Morgan fingerprint density at radius 3 is 2.12 bits per heavy atom. The van der Waals surface area contributed by atoms with E-state index in [0.717, 1.165) is 37.1 Å². The monoisotopic (exact) mass is 355 g/mol. The van der Waals surface area contributed by atoms with E-state index in [-0.39, 0.29) is 12.6 Å². The van der Waals surface area contributed by atoms with Gasteiger partial charge in [-0.05, 0) is 54.8 Å². The Hall–Kier alpha value is -2.33. The first-order chi connectivity index (χ1) is 12.7. The third-order valence-electron chi connectivity index (χ3n) is 4.26. The molecule has 2 aromatic rings. The first kappa shape index (κ1) is 20.0. The van der Waals surface area contributed by atoms with Crippen molar-refractivity contribution in [3.8, 4) is 0 Å². The van der Waals surface area contributed by atoms with Gasteiger partial charge in [0.1, 0.15) is 0 Å². The molecule has 0 saturated heterocycles. The van der Waals surface area contributed by atoms with Crippen LogP contribution < -0.4 is 4.90 Å². The maximum absolute atomic E-state index is 12.0. The Balaban J connectivity index is 2.12. The molecule has 140 valence electrons. The first-order valence-electron chi connectivity index (χ1n) is 9.44. The number of ether oxygens (including phenoxy) is 1. The molecule has 0 aliphatic heterocycles. The third-order valence-corrected chi connectivity index (χ3v) is 4.26. The van der Waals surface area contributed by atoms with E-state index in [9.17, 15) is 9.90 Å². The number of aliphatic hydroxyl groups is 1. The molecule has 26 heavy (non-hydrogen) atoms. The molecule has 0 spiro atoms. The molecule has 4 nitrogen and oxygen atoms in total. The number of carbonyl (C=O) groups excluding carboxylic acids is 1. The van der Waals surface area contributed by atoms with Gasteiger partial charge in [-0.2, -0.15) is 0 Å². The lowest BCUT2D eigenvalue weighted by atomic mass is 10.1. The average Bonchev–Trinajstić information content (AvgIpc) is 2.67. The van der Waals surface area contributed by atoms with E-state index in [4.69, 9.17) is 4.74 Å². The largest absolute Gasteiger partial charge is 0.462 e. The third kappa shape index (κ3) is 5.60. The van der Waals surface area contributed by atoms with E-state index >= 15 is 0 Å². The molecule has 0 aliphatic rings. The fraction of sp³-hybridized carbons (Fsp3) is 0.409. The van der Waals surface area contributed by atoms with Crippen molar-refractivity contribution in [2.75, 3.05) is 24.7 Å². The van der Waals surface area contributed by atoms with Crippen LogP contribution in [0.4, 0.5) is 11.4 Å². The predicted molar refractivity (Wildman–Crippen MR) is 106 cm³/mol. The molecule has 0 heterocycles. The van der Waals surface area contributed by atoms with Crippen molar-refractivity contribution in [2.45, 2.75) is 39.5 Å². The number of esters is 1. The molecule has 2 aromatic carbocycles. The van der Waals surface area contributed by atoms with Crippen LogP contribution in [0.5, 0.6) is 0 Å². The minimum Gasteiger partial charge on any atom is -0.462 e. The minimum atomic E-state index is -0.289. The van der Waals surface area contributed by atoms with Crippen molar-refractivity contribution in [1.29, 1.82) is 0 Å². The summed E-state index contributed by atoms with van der Waals surface area (Å²) in [7, 11) is 0. The molecule has 0 amide bonds. The van der Waals surface area contributed by atoms with Crippen LogP contribution in [0, 0.1) is 0 Å². The van der Waals surface area contributed by atoms with Crippen LogP contribution in [0.25, 0.3) is 0 Å². The van der Waals surface area contributed by atoms with Crippen LogP contribution in [0.15, 0.2) is 48.5 Å². The van der Waals surface area contributed by atoms with Crippen LogP contribution in [0.1, 0.15) is 49.0 Å². The number of rotatable bonds is 10. The van der Waals surface area contributed by atoms with Gasteiger partial charge in [0.25, 0.3) is 0 Å². The number of aliphatic hydroxyl groups excluding tert-OH is 1. The normalized spacial score (nSPS) is 10.6. The van der Waals surface area contributed by atoms with Gasteiger partial charge in [-0.15, -0.1) is 0 Å². The van der Waals surface area contributed by atoms with Crippen molar-refractivity contribution in [1.82, 2.24) is 0 Å². The van der Waals surface area contributed by atoms with E-state index in [1.54, 1.807) is 12.1 Å². The SMILES string of the molecule is CCCCOC(=O)c1ccc(N(CCO)c2ccc(CCC)cc2)cc1. The number of aryl methyl sites for hydroxylation is 1. The zero-order valence-corrected chi connectivity index (χ0v) is 15.8. The summed E-state index contributed by atoms with van der Waals surface area (Å²) in [6, 6.07) is 15.8. The highest BCUT2D eigenvalue weighted by Crippen LogP contribution is 2.26. The molecule has 1 N–H and O–H groups in total. The first-order valence-corrected chi connectivity index (χ1v) is 9.44. The summed E-state index contributed by atoms with van der Waals surface area (Å²) in [5, 5.41) is 9.45. The molecule has 0 fully saturated rings. The van der Waals surface area contributed by atoms with Gasteiger partial charge in [0, 0.05) is 17.9 Å². The average molecular weight is 355 g/mol. The van der Waals surface area contributed by atoms with Crippen molar-refractivity contribution >= 4 is 17.3 Å². The highest BCUT2D eigenvalue weighted by atomic mass is 16.5. The van der Waals surface area contributed by atoms with Gasteiger partial charge in [-0.25, -0.2) is 4.79 Å². The highest BCUT2D eigenvalue weighted by Gasteiger charge is 2.11. The molecule has 2 rings (SSSR count).